The van der Waals surface area contributed by atoms with Crippen LogP contribution in [-0.2, 0) is 22.1 Å². The third kappa shape index (κ3) is 3.45. The van der Waals surface area contributed by atoms with Crippen LogP contribution in [0.15, 0.2) is 30.6 Å². The summed E-state index contributed by atoms with van der Waals surface area (Å²) in [6.45, 7) is 6.09. The number of aromatic nitrogens is 3. The molecule has 3 aliphatic rings. The largest absolute Gasteiger partial charge is 0.474 e. The van der Waals surface area contributed by atoms with Crippen molar-refractivity contribution in [1.82, 2.24) is 15.0 Å². The Morgan fingerprint density at radius 3 is 2.68 bits per heavy atom. The number of ether oxygens (including phenoxy) is 2. The highest BCUT2D eigenvalue weighted by Gasteiger charge is 2.56. The average molecular weight is 459 g/mol. The molecule has 0 saturated heterocycles. The molecule has 2 atom stereocenters. The van der Waals surface area contributed by atoms with Crippen molar-refractivity contribution >= 4 is 16.7 Å². The summed E-state index contributed by atoms with van der Waals surface area (Å²) in [6.07, 6.45) is 9.32. The lowest BCUT2D eigenvalue weighted by Crippen LogP contribution is -2.36. The van der Waals surface area contributed by atoms with Crippen molar-refractivity contribution in [2.75, 3.05) is 0 Å². The van der Waals surface area contributed by atoms with Gasteiger partial charge in [-0.3, -0.25) is 9.97 Å². The number of cyclic esters (lactones) is 1. The minimum Gasteiger partial charge on any atom is -0.474 e. The molecule has 1 aliphatic heterocycles. The molecule has 6 rings (SSSR count). The highest BCUT2D eigenvalue weighted by Crippen LogP contribution is 2.54. The van der Waals surface area contributed by atoms with E-state index in [1.807, 2.05) is 38.4 Å². The summed E-state index contributed by atoms with van der Waals surface area (Å²) in [5.41, 5.74) is 10.3. The molecule has 2 saturated carbocycles. The molecule has 3 aromatic rings. The first-order valence-corrected chi connectivity index (χ1v) is 12.3. The van der Waals surface area contributed by atoms with Gasteiger partial charge in [0.1, 0.15) is 12.2 Å². The molecule has 2 aliphatic carbocycles. The summed E-state index contributed by atoms with van der Waals surface area (Å²) in [6, 6.07) is 5.86. The van der Waals surface area contributed by atoms with E-state index in [2.05, 4.69) is 18.0 Å². The molecule has 4 heterocycles. The number of fused-ring (bicyclic) bond motifs is 3. The molecule has 0 amide bonds. The van der Waals surface area contributed by atoms with Crippen LogP contribution in [0.4, 0.5) is 0 Å². The Kier molecular flexibility index (Phi) is 4.72. The zero-order valence-electron chi connectivity index (χ0n) is 19.9. The monoisotopic (exact) mass is 458 g/mol. The van der Waals surface area contributed by atoms with Crippen molar-refractivity contribution in [3.05, 3.63) is 58.8 Å². The SMILES string of the molecule is CC[C@@](C)(N)c1cnc(OC2CC2)c2cnc(Cc3ccc4c(n3)C3(CC3)[C@@H](C)OC4=O)cc12. The van der Waals surface area contributed by atoms with Crippen LogP contribution in [0, 0.1) is 0 Å². The lowest BCUT2D eigenvalue weighted by molar-refractivity contribution is 0.0183. The number of hydrogen-bond acceptors (Lipinski definition) is 7. The smallest absolute Gasteiger partial charge is 0.340 e. The van der Waals surface area contributed by atoms with Gasteiger partial charge in [0.2, 0.25) is 5.88 Å². The summed E-state index contributed by atoms with van der Waals surface area (Å²) in [5, 5.41) is 1.92. The van der Waals surface area contributed by atoms with Gasteiger partial charge < -0.3 is 15.2 Å². The Balaban J connectivity index is 1.40. The van der Waals surface area contributed by atoms with E-state index in [0.717, 1.165) is 65.5 Å². The Hall–Kier alpha value is -3.06. The Bertz CT molecular complexity index is 1310. The number of pyridine rings is 3. The van der Waals surface area contributed by atoms with Crippen LogP contribution in [0.3, 0.4) is 0 Å². The number of rotatable bonds is 6. The molecule has 0 aromatic carbocycles. The molecule has 2 N–H and O–H groups in total. The van der Waals surface area contributed by atoms with Crippen LogP contribution in [-0.4, -0.2) is 33.1 Å². The highest BCUT2D eigenvalue weighted by atomic mass is 16.5. The zero-order chi connectivity index (χ0) is 23.7. The summed E-state index contributed by atoms with van der Waals surface area (Å²) >= 11 is 0. The van der Waals surface area contributed by atoms with Crippen molar-refractivity contribution in [2.45, 2.75) is 82.5 Å². The number of hydrogen-bond donors (Lipinski definition) is 1. The van der Waals surface area contributed by atoms with Crippen molar-refractivity contribution in [1.29, 1.82) is 0 Å². The molecule has 1 spiro atoms. The van der Waals surface area contributed by atoms with E-state index < -0.39 is 5.54 Å². The van der Waals surface area contributed by atoms with E-state index in [9.17, 15) is 4.79 Å². The molecular weight excluding hydrogens is 428 g/mol. The second kappa shape index (κ2) is 7.47. The van der Waals surface area contributed by atoms with E-state index >= 15 is 0 Å². The number of carbonyl (C=O) groups is 1. The van der Waals surface area contributed by atoms with Gasteiger partial charge in [-0.15, -0.1) is 0 Å². The first kappa shape index (κ1) is 21.5. The van der Waals surface area contributed by atoms with E-state index in [-0.39, 0.29) is 23.6 Å². The molecule has 0 bridgehead atoms. The topological polar surface area (TPSA) is 100 Å². The van der Waals surface area contributed by atoms with Gasteiger partial charge in [0.15, 0.2) is 0 Å². The fourth-order valence-corrected chi connectivity index (χ4v) is 4.97. The third-order valence-electron chi connectivity index (χ3n) is 7.80. The van der Waals surface area contributed by atoms with Crippen LogP contribution in [0.2, 0.25) is 0 Å². The molecule has 3 aromatic heterocycles. The van der Waals surface area contributed by atoms with E-state index in [4.69, 9.17) is 25.2 Å². The van der Waals surface area contributed by atoms with Gasteiger partial charge in [-0.05, 0) is 75.1 Å². The van der Waals surface area contributed by atoms with Crippen molar-refractivity contribution < 1.29 is 14.3 Å². The summed E-state index contributed by atoms with van der Waals surface area (Å²) in [5.74, 6) is 0.354. The fraction of sp³-hybridized carbons (Fsp3) is 0.481. The number of esters is 1. The molecule has 2 fully saturated rings. The fourth-order valence-electron chi connectivity index (χ4n) is 4.97. The van der Waals surface area contributed by atoms with E-state index in [1.165, 1.54) is 0 Å². The zero-order valence-corrected chi connectivity index (χ0v) is 19.9. The lowest BCUT2D eigenvalue weighted by Gasteiger charge is -2.30. The Labute approximate surface area is 199 Å². The van der Waals surface area contributed by atoms with Crippen molar-refractivity contribution in [2.24, 2.45) is 5.73 Å². The van der Waals surface area contributed by atoms with Crippen molar-refractivity contribution in [3.8, 4) is 5.88 Å². The normalized spacial score (nSPS) is 22.2. The average Bonchev–Trinajstić information content (AvgIpc) is 3.74. The molecule has 7 heteroatoms. The third-order valence-corrected chi connectivity index (χ3v) is 7.80. The Morgan fingerprint density at radius 1 is 1.18 bits per heavy atom. The maximum atomic E-state index is 12.4. The van der Waals surface area contributed by atoms with Gasteiger partial charge in [-0.1, -0.05) is 6.92 Å². The van der Waals surface area contributed by atoms with Gasteiger partial charge in [0, 0.05) is 35.7 Å². The number of carbonyl (C=O) groups excluding carboxylic acids is 1. The molecule has 0 radical (unpaired) electrons. The second-order valence-corrected chi connectivity index (χ2v) is 10.4. The quantitative estimate of drug-likeness (QED) is 0.549. The first-order chi connectivity index (χ1) is 16.3. The molecule has 34 heavy (non-hydrogen) atoms. The lowest BCUT2D eigenvalue weighted by atomic mass is 9.88. The minimum atomic E-state index is -0.513. The van der Waals surface area contributed by atoms with Crippen LogP contribution < -0.4 is 10.5 Å². The predicted molar refractivity (Wildman–Crippen MR) is 128 cm³/mol. The number of nitrogens with two attached hydrogens (primary N) is 1. The van der Waals surface area contributed by atoms with Gasteiger partial charge in [0.05, 0.1) is 22.1 Å². The standard InChI is InChI=1S/C27H30N4O3/c1-4-26(3,28)22-14-30-24(34-18-6-7-18)21-13-29-17(12-20(21)22)11-16-5-8-19-23(31-16)27(9-10-27)15(2)33-25(19)32/h5,8,12-15,18H,4,6-7,9-11,28H2,1-3H3/t15-,26-/m1/s1. The maximum absolute atomic E-state index is 12.4. The van der Waals surface area contributed by atoms with E-state index in [1.54, 1.807) is 0 Å². The van der Waals surface area contributed by atoms with Gasteiger partial charge in [-0.25, -0.2) is 9.78 Å². The molecular formula is C27H30N4O3. The minimum absolute atomic E-state index is 0.119. The van der Waals surface area contributed by atoms with Crippen LogP contribution >= 0.6 is 0 Å². The molecule has 176 valence electrons. The van der Waals surface area contributed by atoms with Crippen molar-refractivity contribution in [3.63, 3.8) is 0 Å². The summed E-state index contributed by atoms with van der Waals surface area (Å²) < 4.78 is 11.6. The van der Waals surface area contributed by atoms with Gasteiger partial charge in [-0.2, -0.15) is 0 Å². The molecule has 7 nitrogen and oxygen atoms in total. The molecule has 0 unspecified atom stereocenters. The van der Waals surface area contributed by atoms with E-state index in [0.29, 0.717) is 17.9 Å². The predicted octanol–water partition coefficient (Wildman–Crippen LogP) is 4.33. The number of nitrogens with zero attached hydrogens (tertiary/aromatic N) is 3. The van der Waals surface area contributed by atoms with Crippen LogP contribution in [0.1, 0.15) is 85.9 Å². The Morgan fingerprint density at radius 2 is 1.97 bits per heavy atom. The summed E-state index contributed by atoms with van der Waals surface area (Å²) in [7, 11) is 0. The summed E-state index contributed by atoms with van der Waals surface area (Å²) in [4.78, 5) is 26.7. The van der Waals surface area contributed by atoms with Gasteiger partial charge >= 0.3 is 5.97 Å². The highest BCUT2D eigenvalue weighted by molar-refractivity contribution is 5.93. The van der Waals surface area contributed by atoms with Crippen LogP contribution in [0.5, 0.6) is 5.88 Å². The second-order valence-electron chi connectivity index (χ2n) is 10.4. The van der Waals surface area contributed by atoms with Gasteiger partial charge in [0.25, 0.3) is 0 Å². The first-order valence-electron chi connectivity index (χ1n) is 12.3. The van der Waals surface area contributed by atoms with Crippen LogP contribution in [0.25, 0.3) is 10.8 Å². The maximum Gasteiger partial charge on any atom is 0.340 e.